The van der Waals surface area contributed by atoms with Gasteiger partial charge in [-0.2, -0.15) is 0 Å². The van der Waals surface area contributed by atoms with Gasteiger partial charge in [-0.25, -0.2) is 0 Å². The van der Waals surface area contributed by atoms with Gasteiger partial charge in [-0.05, 0) is 25.2 Å². The highest BCUT2D eigenvalue weighted by atomic mass is 16.5. The lowest BCUT2D eigenvalue weighted by atomic mass is 9.84. The molecule has 1 saturated heterocycles. The zero-order valence-electron chi connectivity index (χ0n) is 7.18. The van der Waals surface area contributed by atoms with Crippen LogP contribution >= 0.6 is 0 Å². The molecular formula is C9H17NO. The molecule has 0 spiro atoms. The van der Waals surface area contributed by atoms with Crippen molar-refractivity contribution in [1.29, 1.82) is 0 Å². The van der Waals surface area contributed by atoms with Crippen LogP contribution in [0.5, 0.6) is 0 Å². The minimum Gasteiger partial charge on any atom is -0.375 e. The van der Waals surface area contributed by atoms with Crippen molar-refractivity contribution in [1.82, 2.24) is 5.32 Å². The summed E-state index contributed by atoms with van der Waals surface area (Å²) in [5.41, 5.74) is 0. The van der Waals surface area contributed by atoms with Gasteiger partial charge < -0.3 is 10.1 Å². The van der Waals surface area contributed by atoms with Crippen molar-refractivity contribution in [3.8, 4) is 0 Å². The van der Waals surface area contributed by atoms with E-state index in [0.717, 1.165) is 19.1 Å². The van der Waals surface area contributed by atoms with Crippen molar-refractivity contribution in [2.24, 2.45) is 5.92 Å². The minimum atomic E-state index is 0.521. The van der Waals surface area contributed by atoms with Gasteiger partial charge in [0.15, 0.2) is 0 Å². The van der Waals surface area contributed by atoms with Crippen LogP contribution < -0.4 is 5.32 Å². The molecule has 2 nitrogen and oxygen atoms in total. The molecule has 1 aliphatic heterocycles. The van der Waals surface area contributed by atoms with Crippen molar-refractivity contribution < 1.29 is 4.74 Å². The van der Waals surface area contributed by atoms with Crippen molar-refractivity contribution in [3.05, 3.63) is 0 Å². The molecule has 1 aliphatic carbocycles. The van der Waals surface area contributed by atoms with E-state index in [1.807, 2.05) is 0 Å². The van der Waals surface area contributed by atoms with Crippen LogP contribution in [0.3, 0.4) is 0 Å². The van der Waals surface area contributed by atoms with E-state index in [0.29, 0.717) is 12.1 Å². The maximum absolute atomic E-state index is 5.69. The molecule has 0 aromatic heterocycles. The first-order valence-corrected chi connectivity index (χ1v) is 4.71. The Kier molecular flexibility index (Phi) is 2.14. The third-order valence-electron chi connectivity index (χ3n) is 2.89. The lowest BCUT2D eigenvalue weighted by Gasteiger charge is -2.38. The topological polar surface area (TPSA) is 21.3 Å². The van der Waals surface area contributed by atoms with E-state index in [-0.39, 0.29) is 0 Å². The Hall–Kier alpha value is -0.0800. The standard InChI is InChI=1S/C9H17NO/c1-7-2-3-8-9(6-7)11-5-4-10-8/h7-10H,2-6H2,1H3/t7?,8-,9+/m1/s1. The molecule has 2 heteroatoms. The Labute approximate surface area is 68.3 Å². The van der Waals surface area contributed by atoms with Gasteiger partial charge in [-0.3, -0.25) is 0 Å². The maximum Gasteiger partial charge on any atom is 0.0731 e. The number of ether oxygens (including phenoxy) is 1. The van der Waals surface area contributed by atoms with Crippen molar-refractivity contribution in [3.63, 3.8) is 0 Å². The van der Waals surface area contributed by atoms with Crippen LogP contribution in [-0.2, 0) is 4.74 Å². The van der Waals surface area contributed by atoms with E-state index >= 15 is 0 Å². The van der Waals surface area contributed by atoms with E-state index in [1.54, 1.807) is 0 Å². The number of nitrogens with one attached hydrogen (secondary N) is 1. The fourth-order valence-corrected chi connectivity index (χ4v) is 2.20. The molecule has 2 aliphatic rings. The van der Waals surface area contributed by atoms with Crippen LogP contribution in [0.4, 0.5) is 0 Å². The Morgan fingerprint density at radius 3 is 3.18 bits per heavy atom. The van der Waals surface area contributed by atoms with E-state index in [2.05, 4.69) is 12.2 Å². The second-order valence-corrected chi connectivity index (χ2v) is 3.89. The molecule has 0 radical (unpaired) electrons. The molecule has 0 aromatic rings. The Balaban J connectivity index is 1.93. The van der Waals surface area contributed by atoms with Crippen LogP contribution in [0.25, 0.3) is 0 Å². The van der Waals surface area contributed by atoms with E-state index < -0.39 is 0 Å². The SMILES string of the molecule is CC1CC[C@H]2NCCO[C@H]2C1. The van der Waals surface area contributed by atoms with Crippen LogP contribution in [0.1, 0.15) is 26.2 Å². The van der Waals surface area contributed by atoms with Crippen LogP contribution in [-0.4, -0.2) is 25.3 Å². The molecule has 1 unspecified atom stereocenters. The number of morpholine rings is 1. The molecule has 1 saturated carbocycles. The van der Waals surface area contributed by atoms with Crippen molar-refractivity contribution in [2.75, 3.05) is 13.2 Å². The largest absolute Gasteiger partial charge is 0.375 e. The molecule has 64 valence electrons. The Morgan fingerprint density at radius 2 is 2.27 bits per heavy atom. The second kappa shape index (κ2) is 3.11. The summed E-state index contributed by atoms with van der Waals surface area (Å²) in [5, 5.41) is 3.52. The third-order valence-corrected chi connectivity index (χ3v) is 2.89. The predicted molar refractivity (Wildman–Crippen MR) is 44.5 cm³/mol. The van der Waals surface area contributed by atoms with E-state index in [4.69, 9.17) is 4.74 Å². The average Bonchev–Trinajstić information content (AvgIpc) is 2.04. The lowest BCUT2D eigenvalue weighted by Crippen LogP contribution is -2.51. The van der Waals surface area contributed by atoms with Gasteiger partial charge in [0.1, 0.15) is 0 Å². The molecule has 2 rings (SSSR count). The zero-order valence-corrected chi connectivity index (χ0v) is 7.18. The van der Waals surface area contributed by atoms with E-state index in [1.165, 1.54) is 19.3 Å². The summed E-state index contributed by atoms with van der Waals surface area (Å²) in [6.07, 6.45) is 4.47. The highest BCUT2D eigenvalue weighted by molar-refractivity contribution is 4.86. The predicted octanol–water partition coefficient (Wildman–Crippen LogP) is 1.16. The molecule has 11 heavy (non-hydrogen) atoms. The van der Waals surface area contributed by atoms with Gasteiger partial charge in [0.25, 0.3) is 0 Å². The summed E-state index contributed by atoms with van der Waals surface area (Å²) >= 11 is 0. The summed E-state index contributed by atoms with van der Waals surface area (Å²) < 4.78 is 5.69. The molecule has 1 N–H and O–H groups in total. The highest BCUT2D eigenvalue weighted by Crippen LogP contribution is 2.27. The van der Waals surface area contributed by atoms with Gasteiger partial charge in [0.2, 0.25) is 0 Å². The number of hydrogen-bond acceptors (Lipinski definition) is 2. The quantitative estimate of drug-likeness (QED) is 0.567. The number of hydrogen-bond donors (Lipinski definition) is 1. The fraction of sp³-hybridized carbons (Fsp3) is 1.00. The van der Waals surface area contributed by atoms with Crippen LogP contribution in [0, 0.1) is 5.92 Å². The minimum absolute atomic E-state index is 0.521. The summed E-state index contributed by atoms with van der Waals surface area (Å²) in [4.78, 5) is 0. The normalized spacial score (nSPS) is 45.0. The lowest BCUT2D eigenvalue weighted by molar-refractivity contribution is -0.0349. The first kappa shape index (κ1) is 7.56. The zero-order chi connectivity index (χ0) is 7.68. The summed E-state index contributed by atoms with van der Waals surface area (Å²) in [7, 11) is 0. The first-order valence-electron chi connectivity index (χ1n) is 4.71. The monoisotopic (exact) mass is 155 g/mol. The summed E-state index contributed by atoms with van der Waals surface area (Å²) in [6, 6.07) is 0.667. The van der Waals surface area contributed by atoms with Gasteiger partial charge in [0, 0.05) is 12.6 Å². The Bertz CT molecular complexity index is 138. The third kappa shape index (κ3) is 1.57. The second-order valence-electron chi connectivity index (χ2n) is 3.89. The molecule has 1 heterocycles. The molecule has 0 amide bonds. The van der Waals surface area contributed by atoms with Crippen LogP contribution in [0.2, 0.25) is 0 Å². The highest BCUT2D eigenvalue weighted by Gasteiger charge is 2.30. The summed E-state index contributed by atoms with van der Waals surface area (Å²) in [5.74, 6) is 0.871. The van der Waals surface area contributed by atoms with Crippen molar-refractivity contribution in [2.45, 2.75) is 38.3 Å². The van der Waals surface area contributed by atoms with Gasteiger partial charge in [-0.1, -0.05) is 6.92 Å². The molecule has 0 aromatic carbocycles. The number of fused-ring (bicyclic) bond motifs is 1. The first-order chi connectivity index (χ1) is 5.36. The fourth-order valence-electron chi connectivity index (χ4n) is 2.20. The van der Waals surface area contributed by atoms with Crippen molar-refractivity contribution >= 4 is 0 Å². The summed E-state index contributed by atoms with van der Waals surface area (Å²) in [6.45, 7) is 4.29. The molecular weight excluding hydrogens is 138 g/mol. The molecule has 3 atom stereocenters. The van der Waals surface area contributed by atoms with Crippen LogP contribution in [0.15, 0.2) is 0 Å². The molecule has 2 fully saturated rings. The Morgan fingerprint density at radius 1 is 1.36 bits per heavy atom. The average molecular weight is 155 g/mol. The van der Waals surface area contributed by atoms with E-state index in [9.17, 15) is 0 Å². The molecule has 0 bridgehead atoms. The number of rotatable bonds is 0. The maximum atomic E-state index is 5.69. The smallest absolute Gasteiger partial charge is 0.0731 e. The van der Waals surface area contributed by atoms with Gasteiger partial charge >= 0.3 is 0 Å². The van der Waals surface area contributed by atoms with Gasteiger partial charge in [0.05, 0.1) is 12.7 Å². The van der Waals surface area contributed by atoms with Gasteiger partial charge in [-0.15, -0.1) is 0 Å².